The maximum absolute atomic E-state index is 5.88. The van der Waals surface area contributed by atoms with E-state index in [2.05, 4.69) is 19.2 Å². The van der Waals surface area contributed by atoms with E-state index >= 15 is 0 Å². The van der Waals surface area contributed by atoms with Crippen molar-refractivity contribution in [3.8, 4) is 0 Å². The van der Waals surface area contributed by atoms with Crippen LogP contribution in [0, 0.1) is 0 Å². The van der Waals surface area contributed by atoms with Crippen LogP contribution in [0.2, 0.25) is 0 Å². The standard InChI is InChI=1S/C13H27NO/c1-4-9-12(14-5-2)13(15-3)10-7-6-8-11-13/h12,14H,4-11H2,1-3H3. The molecule has 0 aromatic heterocycles. The molecule has 1 aliphatic rings. The van der Waals surface area contributed by atoms with Gasteiger partial charge in [0.25, 0.3) is 0 Å². The van der Waals surface area contributed by atoms with Crippen molar-refractivity contribution in [3.05, 3.63) is 0 Å². The van der Waals surface area contributed by atoms with Crippen LogP contribution in [-0.2, 0) is 4.74 Å². The van der Waals surface area contributed by atoms with Crippen LogP contribution in [0.3, 0.4) is 0 Å². The summed E-state index contributed by atoms with van der Waals surface area (Å²) in [6.45, 7) is 5.50. The van der Waals surface area contributed by atoms with Crippen molar-refractivity contribution in [2.45, 2.75) is 70.4 Å². The van der Waals surface area contributed by atoms with E-state index in [0.29, 0.717) is 6.04 Å². The number of hydrogen-bond acceptors (Lipinski definition) is 2. The Hall–Kier alpha value is -0.0800. The van der Waals surface area contributed by atoms with E-state index in [1.54, 1.807) is 0 Å². The first kappa shape index (κ1) is 13.0. The summed E-state index contributed by atoms with van der Waals surface area (Å²) in [5, 5.41) is 3.62. The summed E-state index contributed by atoms with van der Waals surface area (Å²) in [5.41, 5.74) is 0.129. The largest absolute Gasteiger partial charge is 0.377 e. The van der Waals surface area contributed by atoms with Crippen LogP contribution in [-0.4, -0.2) is 25.3 Å². The van der Waals surface area contributed by atoms with Crippen molar-refractivity contribution in [2.24, 2.45) is 0 Å². The fourth-order valence-corrected chi connectivity index (χ4v) is 2.93. The first-order chi connectivity index (χ1) is 7.29. The van der Waals surface area contributed by atoms with Crippen LogP contribution < -0.4 is 5.32 Å². The van der Waals surface area contributed by atoms with Crippen LogP contribution in [0.15, 0.2) is 0 Å². The van der Waals surface area contributed by atoms with E-state index < -0.39 is 0 Å². The van der Waals surface area contributed by atoms with Gasteiger partial charge >= 0.3 is 0 Å². The van der Waals surface area contributed by atoms with Crippen LogP contribution in [0.4, 0.5) is 0 Å². The molecule has 2 heteroatoms. The molecule has 2 nitrogen and oxygen atoms in total. The van der Waals surface area contributed by atoms with Crippen LogP contribution in [0.1, 0.15) is 58.8 Å². The molecule has 0 aromatic carbocycles. The van der Waals surface area contributed by atoms with Gasteiger partial charge in [0.05, 0.1) is 5.60 Å². The Morgan fingerprint density at radius 2 is 1.87 bits per heavy atom. The summed E-state index contributed by atoms with van der Waals surface area (Å²) in [6.07, 6.45) is 9.00. The molecule has 15 heavy (non-hydrogen) atoms. The molecule has 1 saturated carbocycles. The van der Waals surface area contributed by atoms with Gasteiger partial charge in [-0.05, 0) is 25.8 Å². The van der Waals surface area contributed by atoms with E-state index in [4.69, 9.17) is 4.74 Å². The Bertz CT molecular complexity index is 158. The third-order valence-electron chi connectivity index (χ3n) is 3.77. The first-order valence-corrected chi connectivity index (χ1v) is 6.57. The molecule has 1 atom stereocenters. The third kappa shape index (κ3) is 3.18. The number of nitrogens with one attached hydrogen (secondary N) is 1. The van der Waals surface area contributed by atoms with E-state index in [-0.39, 0.29) is 5.60 Å². The van der Waals surface area contributed by atoms with Crippen LogP contribution in [0.5, 0.6) is 0 Å². The van der Waals surface area contributed by atoms with E-state index in [0.717, 1.165) is 6.54 Å². The van der Waals surface area contributed by atoms with Gasteiger partial charge in [0.15, 0.2) is 0 Å². The van der Waals surface area contributed by atoms with Gasteiger partial charge in [0, 0.05) is 13.2 Å². The van der Waals surface area contributed by atoms with Crippen molar-refractivity contribution in [3.63, 3.8) is 0 Å². The van der Waals surface area contributed by atoms with Gasteiger partial charge in [-0.1, -0.05) is 39.5 Å². The van der Waals surface area contributed by atoms with Gasteiger partial charge < -0.3 is 10.1 Å². The SMILES string of the molecule is CCCC(NCC)C1(OC)CCCCC1. The molecule has 0 heterocycles. The molecule has 1 unspecified atom stereocenters. The highest BCUT2D eigenvalue weighted by Crippen LogP contribution is 2.35. The maximum Gasteiger partial charge on any atom is 0.0830 e. The van der Waals surface area contributed by atoms with Gasteiger partial charge in [-0.2, -0.15) is 0 Å². The average Bonchev–Trinajstić information content (AvgIpc) is 2.30. The quantitative estimate of drug-likeness (QED) is 0.732. The summed E-state index contributed by atoms with van der Waals surface area (Å²) in [6, 6.07) is 0.554. The topological polar surface area (TPSA) is 21.3 Å². The lowest BCUT2D eigenvalue weighted by Crippen LogP contribution is -2.53. The average molecular weight is 213 g/mol. The fourth-order valence-electron chi connectivity index (χ4n) is 2.93. The number of rotatable bonds is 6. The molecule has 90 valence electrons. The zero-order valence-corrected chi connectivity index (χ0v) is 10.6. The minimum Gasteiger partial charge on any atom is -0.377 e. The lowest BCUT2D eigenvalue weighted by molar-refractivity contribution is -0.0690. The second-order valence-electron chi connectivity index (χ2n) is 4.73. The Labute approximate surface area is 94.8 Å². The van der Waals surface area contributed by atoms with E-state index in [9.17, 15) is 0 Å². The number of likely N-dealkylation sites (N-methyl/N-ethyl adjacent to an activating group) is 1. The zero-order chi connectivity index (χ0) is 11.1. The van der Waals surface area contributed by atoms with Crippen LogP contribution in [0.25, 0.3) is 0 Å². The summed E-state index contributed by atoms with van der Waals surface area (Å²) in [7, 11) is 1.89. The number of ether oxygens (including phenoxy) is 1. The highest BCUT2D eigenvalue weighted by molar-refractivity contribution is 4.94. The first-order valence-electron chi connectivity index (χ1n) is 6.57. The van der Waals surface area contributed by atoms with Crippen molar-refractivity contribution in [2.75, 3.05) is 13.7 Å². The highest BCUT2D eigenvalue weighted by Gasteiger charge is 2.38. The molecule has 0 saturated heterocycles. The lowest BCUT2D eigenvalue weighted by atomic mass is 9.77. The lowest BCUT2D eigenvalue weighted by Gasteiger charge is -2.43. The molecular formula is C13H27NO. The molecule has 1 rings (SSSR count). The predicted octanol–water partition coefficient (Wildman–Crippen LogP) is 3.11. The van der Waals surface area contributed by atoms with Gasteiger partial charge in [-0.25, -0.2) is 0 Å². The normalized spacial score (nSPS) is 22.6. The third-order valence-corrected chi connectivity index (χ3v) is 3.77. The van der Waals surface area contributed by atoms with Gasteiger partial charge in [-0.3, -0.25) is 0 Å². The minimum atomic E-state index is 0.129. The summed E-state index contributed by atoms with van der Waals surface area (Å²) >= 11 is 0. The summed E-state index contributed by atoms with van der Waals surface area (Å²) < 4.78 is 5.88. The monoisotopic (exact) mass is 213 g/mol. The molecule has 0 bridgehead atoms. The Kier molecular flexibility index (Phi) is 5.62. The second-order valence-corrected chi connectivity index (χ2v) is 4.73. The van der Waals surface area contributed by atoms with Gasteiger partial charge in [0.2, 0.25) is 0 Å². The minimum absolute atomic E-state index is 0.129. The molecular weight excluding hydrogens is 186 g/mol. The fraction of sp³-hybridized carbons (Fsp3) is 1.00. The molecule has 1 aliphatic carbocycles. The molecule has 1 N–H and O–H groups in total. The predicted molar refractivity (Wildman–Crippen MR) is 65.2 cm³/mol. The van der Waals surface area contributed by atoms with Crippen molar-refractivity contribution in [1.29, 1.82) is 0 Å². The van der Waals surface area contributed by atoms with Gasteiger partial charge in [0.1, 0.15) is 0 Å². The Morgan fingerprint density at radius 3 is 2.33 bits per heavy atom. The Balaban J connectivity index is 2.65. The van der Waals surface area contributed by atoms with Crippen molar-refractivity contribution >= 4 is 0 Å². The van der Waals surface area contributed by atoms with E-state index in [1.165, 1.54) is 44.9 Å². The van der Waals surface area contributed by atoms with E-state index in [1.807, 2.05) is 7.11 Å². The molecule has 1 fully saturated rings. The molecule has 0 amide bonds. The zero-order valence-electron chi connectivity index (χ0n) is 10.6. The highest BCUT2D eigenvalue weighted by atomic mass is 16.5. The summed E-state index contributed by atoms with van der Waals surface area (Å²) in [4.78, 5) is 0. The molecule has 0 aromatic rings. The van der Waals surface area contributed by atoms with Crippen LogP contribution >= 0.6 is 0 Å². The molecule has 0 spiro atoms. The molecule has 0 radical (unpaired) electrons. The van der Waals surface area contributed by atoms with Crippen molar-refractivity contribution in [1.82, 2.24) is 5.32 Å². The van der Waals surface area contributed by atoms with Crippen molar-refractivity contribution < 1.29 is 4.74 Å². The smallest absolute Gasteiger partial charge is 0.0830 e. The Morgan fingerprint density at radius 1 is 1.20 bits per heavy atom. The second kappa shape index (κ2) is 6.49. The summed E-state index contributed by atoms with van der Waals surface area (Å²) in [5.74, 6) is 0. The maximum atomic E-state index is 5.88. The number of hydrogen-bond donors (Lipinski definition) is 1. The number of methoxy groups -OCH3 is 1. The molecule has 0 aliphatic heterocycles. The van der Waals surface area contributed by atoms with Gasteiger partial charge in [-0.15, -0.1) is 0 Å².